The molecule has 13 heavy (non-hydrogen) atoms. The zero-order valence-electron chi connectivity index (χ0n) is 7.87. The van der Waals surface area contributed by atoms with Gasteiger partial charge in [-0.1, -0.05) is 43.7 Å². The molecule has 0 saturated heterocycles. The van der Waals surface area contributed by atoms with E-state index in [9.17, 15) is 0 Å². The van der Waals surface area contributed by atoms with Crippen molar-refractivity contribution in [1.29, 1.82) is 0 Å². The maximum absolute atomic E-state index is 5.13. The molecule has 0 aliphatic rings. The average Bonchev–Trinajstić information content (AvgIpc) is 2.15. The monoisotopic (exact) mass is 201 g/mol. The summed E-state index contributed by atoms with van der Waals surface area (Å²) >= 11 is 0. The van der Waals surface area contributed by atoms with Gasteiger partial charge in [-0.2, -0.15) is 0 Å². The number of quaternary nitrogens is 1. The second-order valence-electron chi connectivity index (χ2n) is 2.85. The van der Waals surface area contributed by atoms with Crippen LogP contribution in [0.4, 0.5) is 0 Å². The number of hydrogen-bond acceptors (Lipinski definition) is 1. The Morgan fingerprint density at radius 1 is 1.31 bits per heavy atom. The van der Waals surface area contributed by atoms with E-state index in [2.05, 4.69) is 25.0 Å². The molecule has 0 radical (unpaired) electrons. The second kappa shape index (κ2) is 6.89. The van der Waals surface area contributed by atoms with Crippen LogP contribution in [0.15, 0.2) is 30.3 Å². The standard InChI is InChI=1S/C10H16NO.ClH/c1-2-6-10(12-11)9-7-4-3-5-8-9;/h3-5,7-8,10H,2,6H2,1,11H3;1H/q+1;/p-1. The Kier molecular flexibility index (Phi) is 6.59. The Balaban J connectivity index is 0.00000144. The first-order valence-electron chi connectivity index (χ1n) is 4.34. The molecule has 3 N–H and O–H groups in total. The molecule has 2 nitrogen and oxygen atoms in total. The van der Waals surface area contributed by atoms with Crippen molar-refractivity contribution in [1.82, 2.24) is 0 Å². The topological polar surface area (TPSA) is 36.9 Å². The summed E-state index contributed by atoms with van der Waals surface area (Å²) in [5.41, 5.74) is 1.22. The molecular formula is C10H16ClNO. The highest BCUT2D eigenvalue weighted by Gasteiger charge is 2.10. The van der Waals surface area contributed by atoms with E-state index in [1.54, 1.807) is 0 Å². The summed E-state index contributed by atoms with van der Waals surface area (Å²) in [4.78, 5) is 5.13. The van der Waals surface area contributed by atoms with E-state index in [1.165, 1.54) is 5.56 Å². The highest BCUT2D eigenvalue weighted by atomic mass is 35.5. The van der Waals surface area contributed by atoms with Crippen molar-refractivity contribution in [3.8, 4) is 0 Å². The first-order valence-corrected chi connectivity index (χ1v) is 4.34. The summed E-state index contributed by atoms with van der Waals surface area (Å²) in [6.45, 7) is 2.15. The molecule has 0 heterocycles. The molecule has 0 fully saturated rings. The van der Waals surface area contributed by atoms with E-state index >= 15 is 0 Å². The Hall–Kier alpha value is -0.570. The normalized spacial score (nSPS) is 11.8. The van der Waals surface area contributed by atoms with Crippen LogP contribution in [0.3, 0.4) is 0 Å². The summed E-state index contributed by atoms with van der Waals surface area (Å²) in [7, 11) is 0. The van der Waals surface area contributed by atoms with Gasteiger partial charge in [-0.25, -0.2) is 10.7 Å². The van der Waals surface area contributed by atoms with Gasteiger partial charge in [0.1, 0.15) is 6.10 Å². The van der Waals surface area contributed by atoms with Crippen LogP contribution >= 0.6 is 0 Å². The Morgan fingerprint density at radius 2 is 1.92 bits per heavy atom. The first kappa shape index (κ1) is 12.4. The zero-order valence-corrected chi connectivity index (χ0v) is 8.63. The lowest BCUT2D eigenvalue weighted by Gasteiger charge is -2.10. The van der Waals surface area contributed by atoms with E-state index in [1.807, 2.05) is 18.2 Å². The molecular weight excluding hydrogens is 186 g/mol. The van der Waals surface area contributed by atoms with Crippen LogP contribution in [0.1, 0.15) is 31.4 Å². The number of halogens is 1. The third kappa shape index (κ3) is 3.77. The molecule has 3 heteroatoms. The maximum atomic E-state index is 5.13. The van der Waals surface area contributed by atoms with Crippen molar-refractivity contribution in [2.45, 2.75) is 25.9 Å². The molecule has 0 aliphatic heterocycles. The van der Waals surface area contributed by atoms with Crippen LogP contribution in [0.5, 0.6) is 0 Å². The molecule has 74 valence electrons. The predicted octanol–water partition coefficient (Wildman–Crippen LogP) is -1.29. The molecule has 1 atom stereocenters. The average molecular weight is 202 g/mol. The predicted molar refractivity (Wildman–Crippen MR) is 48.1 cm³/mol. The third-order valence-corrected chi connectivity index (χ3v) is 1.92. The van der Waals surface area contributed by atoms with Crippen LogP contribution in [0, 0.1) is 0 Å². The first-order chi connectivity index (χ1) is 5.88. The molecule has 1 unspecified atom stereocenters. The van der Waals surface area contributed by atoms with Crippen molar-refractivity contribution in [2.75, 3.05) is 0 Å². The van der Waals surface area contributed by atoms with Crippen molar-refractivity contribution >= 4 is 0 Å². The van der Waals surface area contributed by atoms with Crippen LogP contribution in [-0.2, 0) is 4.84 Å². The quantitative estimate of drug-likeness (QED) is 0.605. The minimum absolute atomic E-state index is 0. The van der Waals surface area contributed by atoms with E-state index in [4.69, 9.17) is 4.84 Å². The van der Waals surface area contributed by atoms with Gasteiger partial charge in [0.15, 0.2) is 0 Å². The summed E-state index contributed by atoms with van der Waals surface area (Å²) < 4.78 is 0. The molecule has 0 bridgehead atoms. The summed E-state index contributed by atoms with van der Waals surface area (Å²) in [6, 6.07) is 10.2. The molecule has 0 aromatic heterocycles. The molecule has 0 saturated carbocycles. The van der Waals surface area contributed by atoms with Gasteiger partial charge < -0.3 is 12.4 Å². The Morgan fingerprint density at radius 3 is 2.38 bits per heavy atom. The van der Waals surface area contributed by atoms with E-state index in [-0.39, 0.29) is 18.5 Å². The second-order valence-corrected chi connectivity index (χ2v) is 2.85. The summed E-state index contributed by atoms with van der Waals surface area (Å²) in [5, 5.41) is 0. The lowest BCUT2D eigenvalue weighted by molar-refractivity contribution is -0.705. The Labute approximate surface area is 85.5 Å². The van der Waals surface area contributed by atoms with Crippen LogP contribution < -0.4 is 18.3 Å². The fraction of sp³-hybridized carbons (Fsp3) is 0.400. The highest BCUT2D eigenvalue weighted by molar-refractivity contribution is 5.17. The third-order valence-electron chi connectivity index (χ3n) is 1.92. The van der Waals surface area contributed by atoms with E-state index in [0.29, 0.717) is 0 Å². The number of benzene rings is 1. The Bertz CT molecular complexity index is 215. The molecule has 1 aromatic rings. The van der Waals surface area contributed by atoms with Gasteiger partial charge in [-0.05, 0) is 12.0 Å². The van der Waals surface area contributed by atoms with Crippen LogP contribution in [0.2, 0.25) is 0 Å². The van der Waals surface area contributed by atoms with Gasteiger partial charge in [0, 0.05) is 0 Å². The van der Waals surface area contributed by atoms with E-state index in [0.717, 1.165) is 12.8 Å². The maximum Gasteiger partial charge on any atom is 0.141 e. The van der Waals surface area contributed by atoms with Gasteiger partial charge in [0.25, 0.3) is 0 Å². The molecule has 1 rings (SSSR count). The molecule has 1 aromatic carbocycles. The SMILES string of the molecule is CCCC(O[NH3+])c1ccccc1.[Cl-]. The number of hydrogen-bond donors (Lipinski definition) is 1. The molecule has 0 spiro atoms. The van der Waals surface area contributed by atoms with E-state index < -0.39 is 0 Å². The minimum atomic E-state index is 0. The molecule has 0 aliphatic carbocycles. The zero-order chi connectivity index (χ0) is 8.81. The van der Waals surface area contributed by atoms with Crippen molar-refractivity contribution < 1.29 is 23.1 Å². The van der Waals surface area contributed by atoms with Crippen molar-refractivity contribution in [2.24, 2.45) is 0 Å². The molecule has 0 amide bonds. The lowest BCUT2D eigenvalue weighted by Crippen LogP contribution is -3.00. The fourth-order valence-electron chi connectivity index (χ4n) is 1.28. The van der Waals surface area contributed by atoms with Crippen LogP contribution in [-0.4, -0.2) is 0 Å². The van der Waals surface area contributed by atoms with Gasteiger partial charge in [-0.3, -0.25) is 0 Å². The fourth-order valence-corrected chi connectivity index (χ4v) is 1.28. The largest absolute Gasteiger partial charge is 1.00 e. The van der Waals surface area contributed by atoms with Gasteiger partial charge in [0.2, 0.25) is 0 Å². The van der Waals surface area contributed by atoms with Crippen molar-refractivity contribution in [3.05, 3.63) is 35.9 Å². The summed E-state index contributed by atoms with van der Waals surface area (Å²) in [5.74, 6) is 3.48. The van der Waals surface area contributed by atoms with Gasteiger partial charge in [-0.15, -0.1) is 0 Å². The highest BCUT2D eigenvalue weighted by Crippen LogP contribution is 2.19. The van der Waals surface area contributed by atoms with Crippen molar-refractivity contribution in [3.63, 3.8) is 0 Å². The summed E-state index contributed by atoms with van der Waals surface area (Å²) in [6.07, 6.45) is 2.32. The van der Waals surface area contributed by atoms with Crippen LogP contribution in [0.25, 0.3) is 0 Å². The van der Waals surface area contributed by atoms with Gasteiger partial charge >= 0.3 is 0 Å². The lowest BCUT2D eigenvalue weighted by atomic mass is 10.1. The number of rotatable bonds is 4. The van der Waals surface area contributed by atoms with Gasteiger partial charge in [0.05, 0.1) is 0 Å². The minimum Gasteiger partial charge on any atom is -1.00 e. The smallest absolute Gasteiger partial charge is 0.141 e.